The Morgan fingerprint density at radius 2 is 1.87 bits per heavy atom. The summed E-state index contributed by atoms with van der Waals surface area (Å²) in [6, 6.07) is -0.860. The molecule has 1 heterocycles. The lowest BCUT2D eigenvalue weighted by Gasteiger charge is -2.18. The molecule has 0 radical (unpaired) electrons. The number of likely N-dealkylation sites (tertiary alicyclic amines) is 1. The molecule has 0 saturated carbocycles. The number of hydrogen-bond acceptors (Lipinski definition) is 3. The van der Waals surface area contributed by atoms with E-state index in [-0.39, 0.29) is 24.9 Å². The molecule has 0 unspecified atom stereocenters. The van der Waals surface area contributed by atoms with Gasteiger partial charge in [-0.25, -0.2) is 4.79 Å². The Kier molecular flexibility index (Phi) is 6.22. The third kappa shape index (κ3) is 5.61. The molecule has 3 N–H and O–H groups in total. The lowest BCUT2D eigenvalue weighted by atomic mass is 9.96. The molecule has 0 aromatic heterocycles. The van der Waals surface area contributed by atoms with Gasteiger partial charge in [0.1, 0.15) is 0 Å². The summed E-state index contributed by atoms with van der Waals surface area (Å²) >= 11 is 0. The fraction of sp³-hybridized carbons (Fsp3) is 0.769. The van der Waals surface area contributed by atoms with Crippen molar-refractivity contribution in [3.8, 4) is 0 Å². The summed E-state index contributed by atoms with van der Waals surface area (Å²) in [4.78, 5) is 34.9. The Hall–Kier alpha value is -2.00. The Morgan fingerprint density at radius 3 is 2.30 bits per heavy atom. The number of carbonyl (C=O) groups is 3. The van der Waals surface area contributed by atoms with E-state index >= 15 is 0 Å². The predicted molar refractivity (Wildman–Crippen MR) is 73.5 cm³/mol. The Bertz CT molecular complexity index is 468. The van der Waals surface area contributed by atoms with Gasteiger partial charge in [0.25, 0.3) is 0 Å². The quantitative estimate of drug-likeness (QED) is 0.690. The second-order valence-corrected chi connectivity index (χ2v) is 5.70. The van der Waals surface area contributed by atoms with Crippen LogP contribution in [0.3, 0.4) is 0 Å². The highest BCUT2D eigenvalue weighted by molar-refractivity contribution is 5.79. The first-order valence-corrected chi connectivity index (χ1v) is 7.14. The van der Waals surface area contributed by atoms with Crippen molar-refractivity contribution in [2.24, 2.45) is 11.8 Å². The molecule has 3 amide bonds. The summed E-state index contributed by atoms with van der Waals surface area (Å²) in [6.07, 6.45) is -4.70. The number of carboxylic acid groups (broad SMARTS) is 1. The number of nitrogens with one attached hydrogen (secondary N) is 2. The minimum Gasteiger partial charge on any atom is -0.481 e. The van der Waals surface area contributed by atoms with Crippen LogP contribution in [0.4, 0.5) is 18.0 Å². The molecule has 7 nitrogen and oxygen atoms in total. The van der Waals surface area contributed by atoms with Crippen molar-refractivity contribution in [2.45, 2.75) is 32.5 Å². The monoisotopic (exact) mass is 339 g/mol. The lowest BCUT2D eigenvalue weighted by molar-refractivity contribution is -0.187. The molecule has 0 aliphatic carbocycles. The normalized spacial score (nSPS) is 21.4. The van der Waals surface area contributed by atoms with Gasteiger partial charge in [-0.3, -0.25) is 9.59 Å². The largest absolute Gasteiger partial charge is 0.481 e. The van der Waals surface area contributed by atoms with Crippen molar-refractivity contribution >= 4 is 17.9 Å². The zero-order chi connectivity index (χ0) is 17.8. The van der Waals surface area contributed by atoms with E-state index in [0.717, 1.165) is 4.90 Å². The number of hydrogen-bond donors (Lipinski definition) is 3. The smallest absolute Gasteiger partial charge is 0.394 e. The number of carbonyl (C=O) groups excluding carboxylic acids is 2. The average molecular weight is 339 g/mol. The molecule has 23 heavy (non-hydrogen) atoms. The SMILES string of the molecule is CC(C)NC(=O)CCNC(=O)N1C[C@@H](C(F)(F)F)[C@H](C(=O)O)C1. The highest BCUT2D eigenvalue weighted by Crippen LogP contribution is 2.37. The number of aliphatic carboxylic acids is 1. The first-order valence-electron chi connectivity index (χ1n) is 7.14. The topological polar surface area (TPSA) is 98.7 Å². The summed E-state index contributed by atoms with van der Waals surface area (Å²) in [5.74, 6) is -5.64. The van der Waals surface area contributed by atoms with Gasteiger partial charge in [-0.15, -0.1) is 0 Å². The van der Waals surface area contributed by atoms with E-state index in [1.165, 1.54) is 0 Å². The molecule has 10 heteroatoms. The second kappa shape index (κ2) is 7.51. The van der Waals surface area contributed by atoms with Gasteiger partial charge in [-0.2, -0.15) is 13.2 Å². The van der Waals surface area contributed by atoms with Crippen LogP contribution in [-0.4, -0.2) is 59.8 Å². The van der Waals surface area contributed by atoms with E-state index < -0.39 is 43.1 Å². The summed E-state index contributed by atoms with van der Waals surface area (Å²) < 4.78 is 38.4. The van der Waals surface area contributed by atoms with E-state index in [4.69, 9.17) is 5.11 Å². The Labute approximate surface area is 131 Å². The van der Waals surface area contributed by atoms with Crippen molar-refractivity contribution in [3.05, 3.63) is 0 Å². The van der Waals surface area contributed by atoms with E-state index in [9.17, 15) is 27.6 Å². The highest BCUT2D eigenvalue weighted by Gasteiger charge is 2.53. The van der Waals surface area contributed by atoms with Crippen LogP contribution in [0.25, 0.3) is 0 Å². The summed E-state index contributed by atoms with van der Waals surface area (Å²) in [5, 5.41) is 13.8. The maximum absolute atomic E-state index is 12.8. The fourth-order valence-corrected chi connectivity index (χ4v) is 2.34. The van der Waals surface area contributed by atoms with Gasteiger partial charge in [0, 0.05) is 32.1 Å². The molecule has 1 saturated heterocycles. The summed E-state index contributed by atoms with van der Waals surface area (Å²) in [5.41, 5.74) is 0. The number of urea groups is 1. The molecular weight excluding hydrogens is 319 g/mol. The van der Waals surface area contributed by atoms with Crippen LogP contribution in [0, 0.1) is 11.8 Å². The minimum absolute atomic E-state index is 0.0111. The van der Waals surface area contributed by atoms with Crippen molar-refractivity contribution in [3.63, 3.8) is 0 Å². The maximum atomic E-state index is 12.8. The zero-order valence-corrected chi connectivity index (χ0v) is 12.8. The molecule has 2 atom stereocenters. The molecule has 1 aliphatic rings. The molecule has 0 bridgehead atoms. The molecule has 0 spiro atoms. The number of carboxylic acids is 1. The lowest BCUT2D eigenvalue weighted by Crippen LogP contribution is -2.41. The van der Waals surface area contributed by atoms with Crippen molar-refractivity contribution in [2.75, 3.05) is 19.6 Å². The van der Waals surface area contributed by atoms with E-state index in [2.05, 4.69) is 10.6 Å². The van der Waals surface area contributed by atoms with Crippen molar-refractivity contribution in [1.82, 2.24) is 15.5 Å². The maximum Gasteiger partial charge on any atom is 0.394 e. The number of amides is 3. The van der Waals surface area contributed by atoms with Crippen LogP contribution >= 0.6 is 0 Å². The zero-order valence-electron chi connectivity index (χ0n) is 12.8. The molecule has 0 aromatic rings. The predicted octanol–water partition coefficient (Wildman–Crippen LogP) is 0.806. The van der Waals surface area contributed by atoms with Gasteiger partial charge in [0.05, 0.1) is 11.8 Å². The molecular formula is C13H20F3N3O4. The third-order valence-electron chi connectivity index (χ3n) is 3.42. The number of halogens is 3. The molecule has 1 aliphatic heterocycles. The first kappa shape index (κ1) is 19.0. The van der Waals surface area contributed by atoms with Gasteiger partial charge in [-0.1, -0.05) is 0 Å². The van der Waals surface area contributed by atoms with Crippen LogP contribution in [0.15, 0.2) is 0 Å². The standard InChI is InChI=1S/C13H20F3N3O4/c1-7(2)18-10(20)3-4-17-12(23)19-5-8(11(21)22)9(6-19)13(14,15)16/h7-9H,3-6H2,1-2H3,(H,17,23)(H,18,20)(H,21,22)/t8-,9-/m1/s1. The first-order chi connectivity index (χ1) is 10.5. The second-order valence-electron chi connectivity index (χ2n) is 5.70. The van der Waals surface area contributed by atoms with Crippen LogP contribution in [0.1, 0.15) is 20.3 Å². The van der Waals surface area contributed by atoms with E-state index in [0.29, 0.717) is 0 Å². The summed E-state index contributed by atoms with van der Waals surface area (Å²) in [6.45, 7) is 2.28. The van der Waals surface area contributed by atoms with Gasteiger partial charge < -0.3 is 20.6 Å². The number of alkyl halides is 3. The van der Waals surface area contributed by atoms with Crippen LogP contribution < -0.4 is 10.6 Å². The van der Waals surface area contributed by atoms with E-state index in [1.807, 2.05) is 0 Å². The van der Waals surface area contributed by atoms with Gasteiger partial charge in [0.15, 0.2) is 0 Å². The molecule has 1 rings (SSSR count). The molecule has 132 valence electrons. The average Bonchev–Trinajstić information content (AvgIpc) is 2.82. The number of rotatable bonds is 5. The van der Waals surface area contributed by atoms with E-state index in [1.54, 1.807) is 13.8 Å². The highest BCUT2D eigenvalue weighted by atomic mass is 19.4. The van der Waals surface area contributed by atoms with Gasteiger partial charge in [0.2, 0.25) is 5.91 Å². The Balaban J connectivity index is 2.51. The fourth-order valence-electron chi connectivity index (χ4n) is 2.34. The third-order valence-corrected chi connectivity index (χ3v) is 3.42. The summed E-state index contributed by atoms with van der Waals surface area (Å²) in [7, 11) is 0. The molecule has 0 aromatic carbocycles. The van der Waals surface area contributed by atoms with Crippen molar-refractivity contribution < 1.29 is 32.7 Å². The van der Waals surface area contributed by atoms with Gasteiger partial charge >= 0.3 is 18.2 Å². The Morgan fingerprint density at radius 1 is 1.26 bits per heavy atom. The van der Waals surface area contributed by atoms with Gasteiger partial charge in [-0.05, 0) is 13.8 Å². The number of nitrogens with zero attached hydrogens (tertiary/aromatic N) is 1. The molecule has 1 fully saturated rings. The van der Waals surface area contributed by atoms with Crippen LogP contribution in [0.5, 0.6) is 0 Å². The van der Waals surface area contributed by atoms with Crippen molar-refractivity contribution in [1.29, 1.82) is 0 Å². The minimum atomic E-state index is -4.69. The van der Waals surface area contributed by atoms with Crippen LogP contribution in [0.2, 0.25) is 0 Å². The van der Waals surface area contributed by atoms with Crippen LogP contribution in [-0.2, 0) is 9.59 Å².